The Bertz CT molecular complexity index is 744. The number of hydrogen-bond donors (Lipinski definition) is 1. The summed E-state index contributed by atoms with van der Waals surface area (Å²) in [5, 5.41) is 11.7. The second-order valence-corrected chi connectivity index (χ2v) is 11.5. The molecule has 1 N–H and O–H groups in total. The van der Waals surface area contributed by atoms with Crippen LogP contribution in [0.3, 0.4) is 0 Å². The first-order valence-electron chi connectivity index (χ1n) is 12.7. The number of rotatable bonds is 5. The second-order valence-electron chi connectivity index (χ2n) is 11.5. The Morgan fingerprint density at radius 3 is 2.61 bits per heavy atom. The lowest BCUT2D eigenvalue weighted by atomic mass is 9.42. The van der Waals surface area contributed by atoms with Crippen LogP contribution in [-0.4, -0.2) is 29.1 Å². The first kappa shape index (κ1) is 23.0. The fourth-order valence-corrected chi connectivity index (χ4v) is 8.43. The molecule has 0 unspecified atom stereocenters. The summed E-state index contributed by atoms with van der Waals surface area (Å²) in [6, 6.07) is 0. The predicted molar refractivity (Wildman–Crippen MR) is 121 cm³/mol. The molecule has 4 heteroatoms. The zero-order valence-corrected chi connectivity index (χ0v) is 20.0. The summed E-state index contributed by atoms with van der Waals surface area (Å²) < 4.78 is 5.17. The summed E-state index contributed by atoms with van der Waals surface area (Å²) in [7, 11) is 0. The normalized spacial score (nSPS) is 47.0. The van der Waals surface area contributed by atoms with Gasteiger partial charge in [0, 0.05) is 24.7 Å². The third-order valence-electron chi connectivity index (χ3n) is 10.5. The van der Waals surface area contributed by atoms with Crippen molar-refractivity contribution in [1.82, 2.24) is 0 Å². The highest BCUT2D eigenvalue weighted by molar-refractivity contribution is 5.80. The van der Waals surface area contributed by atoms with Crippen LogP contribution in [0.5, 0.6) is 0 Å². The lowest BCUT2D eigenvalue weighted by Gasteiger charge is -2.62. The molecule has 0 bridgehead atoms. The van der Waals surface area contributed by atoms with Gasteiger partial charge < -0.3 is 9.84 Å². The summed E-state index contributed by atoms with van der Waals surface area (Å²) in [6.07, 6.45) is 13.2. The van der Waals surface area contributed by atoms with Gasteiger partial charge in [-0.3, -0.25) is 9.59 Å². The van der Waals surface area contributed by atoms with Crippen LogP contribution in [-0.2, 0) is 14.3 Å². The summed E-state index contributed by atoms with van der Waals surface area (Å²) in [6.45, 7) is 9.33. The van der Waals surface area contributed by atoms with Crippen LogP contribution < -0.4 is 0 Å². The number of hydrogen-bond acceptors (Lipinski definition) is 4. The molecule has 4 rings (SSSR count). The Morgan fingerprint density at radius 2 is 1.87 bits per heavy atom. The van der Waals surface area contributed by atoms with E-state index in [1.165, 1.54) is 19.3 Å². The average molecular weight is 431 g/mol. The van der Waals surface area contributed by atoms with Gasteiger partial charge in [0.15, 0.2) is 0 Å². The van der Waals surface area contributed by atoms with Gasteiger partial charge in [-0.1, -0.05) is 39.8 Å². The van der Waals surface area contributed by atoms with Crippen LogP contribution in [0.1, 0.15) is 91.9 Å². The number of aliphatic hydroxyl groups is 1. The van der Waals surface area contributed by atoms with E-state index < -0.39 is 5.60 Å². The molecule has 0 aliphatic heterocycles. The maximum atomic E-state index is 12.3. The van der Waals surface area contributed by atoms with Crippen molar-refractivity contribution in [2.24, 2.45) is 40.4 Å². The molecule has 4 aliphatic rings. The number of carbonyl (C=O) groups excluding carboxylic acids is 2. The largest absolute Gasteiger partial charge is 0.465 e. The molecule has 0 amide bonds. The zero-order chi connectivity index (χ0) is 22.4. The first-order valence-corrected chi connectivity index (χ1v) is 12.7. The van der Waals surface area contributed by atoms with Crippen LogP contribution in [0.15, 0.2) is 12.2 Å². The van der Waals surface area contributed by atoms with Gasteiger partial charge in [0.25, 0.3) is 0 Å². The molecule has 0 radical (unpaired) electrons. The van der Waals surface area contributed by atoms with Crippen molar-refractivity contribution in [3.8, 4) is 0 Å². The third kappa shape index (κ3) is 3.61. The van der Waals surface area contributed by atoms with Crippen LogP contribution in [0.2, 0.25) is 0 Å². The lowest BCUT2D eigenvalue weighted by Crippen LogP contribution is -2.58. The average Bonchev–Trinajstić information content (AvgIpc) is 3.00. The van der Waals surface area contributed by atoms with Gasteiger partial charge >= 0.3 is 5.97 Å². The minimum atomic E-state index is -0.761. The molecule has 0 aromatic rings. The smallest absolute Gasteiger partial charge is 0.305 e. The Hall–Kier alpha value is -1.16. The van der Waals surface area contributed by atoms with Gasteiger partial charge in [-0.25, -0.2) is 0 Å². The lowest BCUT2D eigenvalue weighted by molar-refractivity contribution is -0.161. The van der Waals surface area contributed by atoms with Crippen molar-refractivity contribution in [1.29, 1.82) is 0 Å². The number of esters is 1. The van der Waals surface area contributed by atoms with Crippen molar-refractivity contribution in [2.45, 2.75) is 97.5 Å². The molecule has 174 valence electrons. The quantitative estimate of drug-likeness (QED) is 0.357. The highest BCUT2D eigenvalue weighted by atomic mass is 16.5. The van der Waals surface area contributed by atoms with E-state index in [0.717, 1.165) is 32.1 Å². The zero-order valence-electron chi connectivity index (χ0n) is 20.0. The first-order chi connectivity index (χ1) is 14.7. The van der Waals surface area contributed by atoms with E-state index in [9.17, 15) is 14.7 Å². The molecular formula is C27H42O4. The molecule has 4 aliphatic carbocycles. The Morgan fingerprint density at radius 1 is 1.13 bits per heavy atom. The third-order valence-corrected chi connectivity index (χ3v) is 10.5. The molecular weight excluding hydrogens is 388 g/mol. The van der Waals surface area contributed by atoms with Crippen molar-refractivity contribution in [3.05, 3.63) is 12.2 Å². The molecule has 0 saturated heterocycles. The van der Waals surface area contributed by atoms with Gasteiger partial charge in [0.2, 0.25) is 0 Å². The summed E-state index contributed by atoms with van der Waals surface area (Å²) in [4.78, 5) is 23.6. The van der Waals surface area contributed by atoms with Crippen molar-refractivity contribution in [2.75, 3.05) is 6.61 Å². The van der Waals surface area contributed by atoms with E-state index in [4.69, 9.17) is 4.74 Å². The van der Waals surface area contributed by atoms with E-state index in [0.29, 0.717) is 54.8 Å². The minimum absolute atomic E-state index is 0.0817. The minimum Gasteiger partial charge on any atom is -0.465 e. The van der Waals surface area contributed by atoms with Crippen LogP contribution >= 0.6 is 0 Å². The van der Waals surface area contributed by atoms with Crippen LogP contribution in [0, 0.1) is 40.4 Å². The number of ether oxygens (including phenoxy) is 1. The number of ketones is 1. The number of carbonyl (C=O) groups is 2. The van der Waals surface area contributed by atoms with E-state index in [2.05, 4.69) is 20.8 Å². The Labute approximate surface area is 188 Å². The van der Waals surface area contributed by atoms with Crippen LogP contribution in [0.4, 0.5) is 0 Å². The van der Waals surface area contributed by atoms with Gasteiger partial charge in [-0.15, -0.1) is 0 Å². The topological polar surface area (TPSA) is 63.6 Å². The number of fused-ring (bicyclic) bond motifs is 5. The number of Topliss-reactive ketones (excluding diaryl/α,β-unsaturated/α-hetero) is 1. The molecule has 0 aromatic carbocycles. The molecule has 4 nitrogen and oxygen atoms in total. The Balaban J connectivity index is 1.48. The van der Waals surface area contributed by atoms with Crippen molar-refractivity contribution >= 4 is 11.8 Å². The maximum absolute atomic E-state index is 12.3. The molecule has 0 heterocycles. The van der Waals surface area contributed by atoms with Gasteiger partial charge in [-0.2, -0.15) is 0 Å². The molecule has 0 aromatic heterocycles. The standard InChI is InChI=1S/C27H42O4/c1-5-24(29)31-15-7-6-12-27(30)14-11-22-21-9-8-19-17-20(28)16-18(2)26(19,4)23(21)10-13-25(22,27)3/h6,12,18-19,21-23,30H,5,7-11,13-17H2,1-4H3/t18-,19-,21-,22-,23-,25-,26-,27-/m0/s1. The van der Waals surface area contributed by atoms with E-state index in [1.54, 1.807) is 6.92 Å². The predicted octanol–water partition coefficient (Wildman–Crippen LogP) is 5.47. The molecule has 31 heavy (non-hydrogen) atoms. The fourth-order valence-electron chi connectivity index (χ4n) is 8.43. The highest BCUT2D eigenvalue weighted by Gasteiger charge is 2.64. The monoisotopic (exact) mass is 430 g/mol. The van der Waals surface area contributed by atoms with Crippen LogP contribution in [0.25, 0.3) is 0 Å². The molecule has 0 spiro atoms. The van der Waals surface area contributed by atoms with Gasteiger partial charge in [0.05, 0.1) is 12.2 Å². The second kappa shape index (κ2) is 8.32. The molecule has 4 fully saturated rings. The van der Waals surface area contributed by atoms with E-state index in [1.807, 2.05) is 12.2 Å². The van der Waals surface area contributed by atoms with Crippen molar-refractivity contribution < 1.29 is 19.4 Å². The fraction of sp³-hybridized carbons (Fsp3) is 0.852. The maximum Gasteiger partial charge on any atom is 0.305 e. The Kier molecular flexibility index (Phi) is 6.17. The van der Waals surface area contributed by atoms with Crippen molar-refractivity contribution in [3.63, 3.8) is 0 Å². The molecule has 4 saturated carbocycles. The van der Waals surface area contributed by atoms with E-state index in [-0.39, 0.29) is 16.8 Å². The SMILES string of the molecule is CCC(=O)OCCC=C[C@]1(O)CC[C@H]2[C@@H]3CC[C@H]4CC(=O)C[C@H](C)[C@]4(C)[C@H]3CC[C@@]21C. The van der Waals surface area contributed by atoms with E-state index >= 15 is 0 Å². The van der Waals surface area contributed by atoms with Gasteiger partial charge in [-0.05, 0) is 80.0 Å². The van der Waals surface area contributed by atoms with Gasteiger partial charge in [0.1, 0.15) is 5.78 Å². The highest BCUT2D eigenvalue weighted by Crippen LogP contribution is 2.69. The summed E-state index contributed by atoms with van der Waals surface area (Å²) in [5.74, 6) is 3.25. The summed E-state index contributed by atoms with van der Waals surface area (Å²) >= 11 is 0. The summed E-state index contributed by atoms with van der Waals surface area (Å²) in [5.41, 5.74) is -0.567. The molecule has 8 atom stereocenters.